The number of nitrogens with one attached hydrogen (secondary N) is 1. The van der Waals surface area contributed by atoms with Crippen LogP contribution >= 0.6 is 0 Å². The van der Waals surface area contributed by atoms with Crippen molar-refractivity contribution in [1.29, 1.82) is 0 Å². The number of halogens is 1. The zero-order valence-corrected chi connectivity index (χ0v) is 15.5. The third kappa shape index (κ3) is 3.29. The van der Waals surface area contributed by atoms with E-state index in [0.717, 1.165) is 5.56 Å². The number of carbonyl (C=O) groups excluding carboxylic acids is 1. The molecule has 3 aromatic rings. The molecule has 7 heteroatoms. The number of aromatic amines is 1. The first kappa shape index (κ1) is 18.9. The summed E-state index contributed by atoms with van der Waals surface area (Å²) >= 11 is 0. The van der Waals surface area contributed by atoms with E-state index in [1.54, 1.807) is 29.2 Å². The first-order valence-electron chi connectivity index (χ1n) is 9.31. The van der Waals surface area contributed by atoms with E-state index in [2.05, 4.69) is 4.98 Å². The van der Waals surface area contributed by atoms with Crippen LogP contribution in [0.15, 0.2) is 59.4 Å². The predicted octanol–water partition coefficient (Wildman–Crippen LogP) is 2.93. The maximum Gasteiger partial charge on any atom is 0.314 e. The molecule has 0 aliphatic carbocycles. The van der Waals surface area contributed by atoms with Crippen molar-refractivity contribution in [2.75, 3.05) is 13.1 Å². The molecule has 1 aliphatic heterocycles. The van der Waals surface area contributed by atoms with Crippen molar-refractivity contribution >= 4 is 22.8 Å². The van der Waals surface area contributed by atoms with Gasteiger partial charge in [0.25, 0.3) is 5.91 Å². The summed E-state index contributed by atoms with van der Waals surface area (Å²) < 4.78 is 13.5. The van der Waals surface area contributed by atoms with Gasteiger partial charge in [0, 0.05) is 24.5 Å². The van der Waals surface area contributed by atoms with Crippen LogP contribution in [0.25, 0.3) is 10.9 Å². The summed E-state index contributed by atoms with van der Waals surface area (Å²) in [6.45, 7) is 0.491. The number of hydrogen-bond acceptors (Lipinski definition) is 3. The SMILES string of the molecule is O=C(c1cc(=O)[nH]c2cc(F)ccc12)N1CCC(C(=O)O)(c2ccccc2)CC1. The molecule has 6 nitrogen and oxygen atoms in total. The lowest BCUT2D eigenvalue weighted by Gasteiger charge is -2.39. The second kappa shape index (κ2) is 7.16. The van der Waals surface area contributed by atoms with E-state index in [1.165, 1.54) is 24.3 Å². The second-order valence-electron chi connectivity index (χ2n) is 7.28. The van der Waals surface area contributed by atoms with Gasteiger partial charge in [0.2, 0.25) is 5.56 Å². The number of aliphatic carboxylic acids is 1. The number of carbonyl (C=O) groups is 2. The Labute approximate surface area is 165 Å². The highest BCUT2D eigenvalue weighted by Crippen LogP contribution is 2.36. The van der Waals surface area contributed by atoms with Crippen LogP contribution in [-0.2, 0) is 10.2 Å². The van der Waals surface area contributed by atoms with Gasteiger partial charge in [-0.15, -0.1) is 0 Å². The molecule has 1 aromatic heterocycles. The largest absolute Gasteiger partial charge is 0.481 e. The number of likely N-dealkylation sites (tertiary alicyclic amines) is 1. The first-order chi connectivity index (χ1) is 13.9. The number of piperidine rings is 1. The summed E-state index contributed by atoms with van der Waals surface area (Å²) in [5, 5.41) is 10.4. The van der Waals surface area contributed by atoms with Crippen molar-refractivity contribution in [3.63, 3.8) is 0 Å². The number of aromatic nitrogens is 1. The molecule has 1 saturated heterocycles. The van der Waals surface area contributed by atoms with Gasteiger partial charge in [-0.1, -0.05) is 30.3 Å². The molecule has 0 radical (unpaired) electrons. The molecule has 0 atom stereocenters. The second-order valence-corrected chi connectivity index (χ2v) is 7.28. The number of fused-ring (bicyclic) bond motifs is 1. The zero-order chi connectivity index (χ0) is 20.6. The van der Waals surface area contributed by atoms with E-state index in [0.29, 0.717) is 5.39 Å². The van der Waals surface area contributed by atoms with Crippen LogP contribution in [-0.4, -0.2) is 40.0 Å². The summed E-state index contributed by atoms with van der Waals surface area (Å²) in [5.74, 6) is -1.78. The lowest BCUT2D eigenvalue weighted by Crippen LogP contribution is -2.49. The molecule has 0 unspecified atom stereocenters. The third-order valence-electron chi connectivity index (χ3n) is 5.68. The first-order valence-corrected chi connectivity index (χ1v) is 9.31. The van der Waals surface area contributed by atoms with Gasteiger partial charge in [-0.2, -0.15) is 0 Å². The molecule has 1 fully saturated rings. The van der Waals surface area contributed by atoms with E-state index < -0.39 is 22.8 Å². The van der Waals surface area contributed by atoms with Gasteiger partial charge in [0.05, 0.1) is 16.5 Å². The Morgan fingerprint density at radius 2 is 1.72 bits per heavy atom. The van der Waals surface area contributed by atoms with Crippen LogP contribution in [0.5, 0.6) is 0 Å². The van der Waals surface area contributed by atoms with Crippen molar-refractivity contribution in [3.8, 4) is 0 Å². The highest BCUT2D eigenvalue weighted by molar-refractivity contribution is 6.06. The fourth-order valence-corrected chi connectivity index (χ4v) is 4.05. The maximum absolute atomic E-state index is 13.5. The number of benzene rings is 2. The monoisotopic (exact) mass is 394 g/mol. The summed E-state index contributed by atoms with van der Waals surface area (Å²) in [6.07, 6.45) is 0.543. The van der Waals surface area contributed by atoms with Gasteiger partial charge < -0.3 is 15.0 Å². The zero-order valence-electron chi connectivity index (χ0n) is 15.5. The van der Waals surface area contributed by atoms with Crippen molar-refractivity contribution in [2.45, 2.75) is 18.3 Å². The molecule has 2 heterocycles. The Hall–Kier alpha value is -3.48. The molecule has 4 rings (SSSR count). The van der Waals surface area contributed by atoms with Crippen molar-refractivity contribution in [2.24, 2.45) is 0 Å². The lowest BCUT2D eigenvalue weighted by atomic mass is 9.72. The third-order valence-corrected chi connectivity index (χ3v) is 5.68. The number of pyridine rings is 1. The minimum Gasteiger partial charge on any atom is -0.481 e. The standard InChI is InChI=1S/C22H19FN2O4/c23-15-6-7-16-17(13-19(26)24-18(16)12-15)20(27)25-10-8-22(9-11-25,21(28)29)14-4-2-1-3-5-14/h1-7,12-13H,8-11H2,(H,24,26)(H,28,29). The number of amides is 1. The fourth-order valence-electron chi connectivity index (χ4n) is 4.05. The summed E-state index contributed by atoms with van der Waals surface area (Å²) in [6, 6.07) is 14.1. The molecule has 148 valence electrons. The van der Waals surface area contributed by atoms with Crippen LogP contribution in [0, 0.1) is 5.82 Å². The molecule has 1 aliphatic rings. The topological polar surface area (TPSA) is 90.5 Å². The van der Waals surface area contributed by atoms with E-state index in [1.807, 2.05) is 6.07 Å². The minimum atomic E-state index is -1.04. The molecule has 0 spiro atoms. The van der Waals surface area contributed by atoms with Crippen LogP contribution in [0.4, 0.5) is 4.39 Å². The number of nitrogens with zero attached hydrogens (tertiary/aromatic N) is 1. The Kier molecular flexibility index (Phi) is 4.66. The number of hydrogen-bond donors (Lipinski definition) is 2. The van der Waals surface area contributed by atoms with E-state index in [4.69, 9.17) is 0 Å². The van der Waals surface area contributed by atoms with Gasteiger partial charge in [0.1, 0.15) is 5.82 Å². The average Bonchev–Trinajstić information content (AvgIpc) is 2.73. The van der Waals surface area contributed by atoms with Gasteiger partial charge in [-0.25, -0.2) is 4.39 Å². The highest BCUT2D eigenvalue weighted by Gasteiger charge is 2.44. The van der Waals surface area contributed by atoms with E-state index in [9.17, 15) is 23.9 Å². The van der Waals surface area contributed by atoms with Gasteiger partial charge in [-0.3, -0.25) is 14.4 Å². The van der Waals surface area contributed by atoms with E-state index >= 15 is 0 Å². The molecular formula is C22H19FN2O4. The van der Waals surface area contributed by atoms with Crippen LogP contribution in [0.2, 0.25) is 0 Å². The Morgan fingerprint density at radius 1 is 1.03 bits per heavy atom. The Bertz CT molecular complexity index is 1150. The predicted molar refractivity (Wildman–Crippen MR) is 105 cm³/mol. The van der Waals surface area contributed by atoms with Crippen molar-refractivity contribution in [1.82, 2.24) is 9.88 Å². The normalized spacial score (nSPS) is 16.0. The average molecular weight is 394 g/mol. The van der Waals surface area contributed by atoms with Gasteiger partial charge in [-0.05, 0) is 36.6 Å². The van der Waals surface area contributed by atoms with Crippen molar-refractivity contribution < 1.29 is 19.1 Å². The lowest BCUT2D eigenvalue weighted by molar-refractivity contribution is -0.145. The quantitative estimate of drug-likeness (QED) is 0.715. The van der Waals surface area contributed by atoms with Gasteiger partial charge >= 0.3 is 5.97 Å². The van der Waals surface area contributed by atoms with Crippen molar-refractivity contribution in [3.05, 3.63) is 81.9 Å². The maximum atomic E-state index is 13.5. The number of H-pyrrole nitrogens is 1. The summed E-state index contributed by atoms with van der Waals surface area (Å²) in [4.78, 5) is 41.2. The number of carboxylic acids is 1. The molecule has 2 N–H and O–H groups in total. The molecule has 0 bridgehead atoms. The molecule has 1 amide bonds. The van der Waals surface area contributed by atoms with Crippen LogP contribution in [0.3, 0.4) is 0 Å². The summed E-state index contributed by atoms with van der Waals surface area (Å²) in [5.41, 5.74) is -0.380. The number of carboxylic acid groups (broad SMARTS) is 1. The van der Waals surface area contributed by atoms with Crippen LogP contribution < -0.4 is 5.56 Å². The smallest absolute Gasteiger partial charge is 0.314 e. The Morgan fingerprint density at radius 3 is 2.38 bits per heavy atom. The highest BCUT2D eigenvalue weighted by atomic mass is 19.1. The minimum absolute atomic E-state index is 0.186. The molecular weight excluding hydrogens is 375 g/mol. The van der Waals surface area contributed by atoms with Crippen LogP contribution in [0.1, 0.15) is 28.8 Å². The molecule has 2 aromatic carbocycles. The fraction of sp³-hybridized carbons (Fsp3) is 0.227. The van der Waals surface area contributed by atoms with E-state index in [-0.39, 0.29) is 42.9 Å². The number of rotatable bonds is 3. The molecule has 0 saturated carbocycles. The van der Waals surface area contributed by atoms with Gasteiger partial charge in [0.15, 0.2) is 0 Å². The Balaban J connectivity index is 1.64. The summed E-state index contributed by atoms with van der Waals surface area (Å²) in [7, 11) is 0. The molecule has 29 heavy (non-hydrogen) atoms.